The van der Waals surface area contributed by atoms with E-state index >= 15 is 0 Å². The van der Waals surface area contributed by atoms with Gasteiger partial charge in [-0.2, -0.15) is 0 Å². The molecule has 0 aromatic rings. The number of rotatable bonds is 19. The maximum absolute atomic E-state index is 11.6. The van der Waals surface area contributed by atoms with Crippen molar-refractivity contribution < 1.29 is 14.3 Å². The summed E-state index contributed by atoms with van der Waals surface area (Å²) in [6, 6.07) is 0. The van der Waals surface area contributed by atoms with E-state index in [1.807, 2.05) is 0 Å². The predicted octanol–water partition coefficient (Wildman–Crippen LogP) is 6.38. The van der Waals surface area contributed by atoms with Gasteiger partial charge in [-0.3, -0.25) is 4.79 Å². The molecule has 0 radical (unpaired) electrons. The Hall–Kier alpha value is -0.860. The third-order valence-electron chi connectivity index (χ3n) is 4.46. The van der Waals surface area contributed by atoms with Crippen molar-refractivity contribution in [2.75, 3.05) is 6.61 Å². The summed E-state index contributed by atoms with van der Waals surface area (Å²) >= 11 is 0. The lowest BCUT2D eigenvalue weighted by Crippen LogP contribution is -2.05. The van der Waals surface area contributed by atoms with Crippen LogP contribution in [-0.4, -0.2) is 18.9 Å². The Kier molecular flexibility index (Phi) is 19.5. The molecule has 0 heterocycles. The molecule has 0 amide bonds. The van der Waals surface area contributed by atoms with Crippen molar-refractivity contribution in [3.05, 3.63) is 0 Å². The van der Waals surface area contributed by atoms with E-state index in [4.69, 9.17) is 4.74 Å². The third kappa shape index (κ3) is 19.2. The average molecular weight is 341 g/mol. The Labute approximate surface area is 149 Å². The van der Waals surface area contributed by atoms with Crippen molar-refractivity contribution in [2.24, 2.45) is 0 Å². The molecule has 0 N–H and O–H groups in total. The zero-order valence-corrected chi connectivity index (χ0v) is 16.0. The smallest absolute Gasteiger partial charge is 0.305 e. The molecule has 0 saturated heterocycles. The maximum Gasteiger partial charge on any atom is 0.305 e. The average Bonchev–Trinajstić information content (AvgIpc) is 2.59. The van der Waals surface area contributed by atoms with Crippen LogP contribution in [0.5, 0.6) is 0 Å². The van der Waals surface area contributed by atoms with Gasteiger partial charge in [0.1, 0.15) is 6.29 Å². The SMILES string of the molecule is CCCCCCCCCCCCOC(=O)CCCCCCCC=O. The molecule has 0 fully saturated rings. The van der Waals surface area contributed by atoms with E-state index in [-0.39, 0.29) is 5.97 Å². The summed E-state index contributed by atoms with van der Waals surface area (Å²) in [5, 5.41) is 0. The number of aldehydes is 1. The van der Waals surface area contributed by atoms with E-state index in [0.717, 1.165) is 44.8 Å². The van der Waals surface area contributed by atoms with E-state index in [0.29, 0.717) is 19.4 Å². The molecule has 3 nitrogen and oxygen atoms in total. The van der Waals surface area contributed by atoms with Crippen molar-refractivity contribution >= 4 is 12.3 Å². The first-order chi connectivity index (χ1) is 11.8. The second-order valence-electron chi connectivity index (χ2n) is 6.88. The fraction of sp³-hybridized carbons (Fsp3) is 0.905. The highest BCUT2D eigenvalue weighted by Crippen LogP contribution is 2.11. The van der Waals surface area contributed by atoms with Crippen LogP contribution >= 0.6 is 0 Å². The van der Waals surface area contributed by atoms with Gasteiger partial charge in [-0.05, 0) is 19.3 Å². The second kappa shape index (κ2) is 20.2. The Morgan fingerprint density at radius 3 is 1.79 bits per heavy atom. The quantitative estimate of drug-likeness (QED) is 0.156. The van der Waals surface area contributed by atoms with E-state index in [9.17, 15) is 9.59 Å². The van der Waals surface area contributed by atoms with Crippen LogP contribution in [0.4, 0.5) is 0 Å². The summed E-state index contributed by atoms with van der Waals surface area (Å²) in [6.45, 7) is 2.85. The largest absolute Gasteiger partial charge is 0.466 e. The predicted molar refractivity (Wildman–Crippen MR) is 101 cm³/mol. The van der Waals surface area contributed by atoms with Crippen LogP contribution in [0.25, 0.3) is 0 Å². The molecule has 0 aromatic heterocycles. The minimum absolute atomic E-state index is 0.0428. The highest BCUT2D eigenvalue weighted by molar-refractivity contribution is 5.69. The Morgan fingerprint density at radius 2 is 1.21 bits per heavy atom. The molecule has 0 bridgehead atoms. The zero-order valence-electron chi connectivity index (χ0n) is 16.0. The number of carbonyl (C=O) groups is 2. The molecule has 0 aliphatic carbocycles. The summed E-state index contributed by atoms with van der Waals surface area (Å²) in [7, 11) is 0. The van der Waals surface area contributed by atoms with E-state index in [1.165, 1.54) is 57.8 Å². The van der Waals surface area contributed by atoms with Gasteiger partial charge in [0, 0.05) is 12.8 Å². The fourth-order valence-corrected chi connectivity index (χ4v) is 2.88. The number of esters is 1. The molecular formula is C21H40O3. The molecule has 0 aromatic carbocycles. The normalized spacial score (nSPS) is 10.7. The van der Waals surface area contributed by atoms with Crippen LogP contribution in [-0.2, 0) is 14.3 Å². The lowest BCUT2D eigenvalue weighted by molar-refractivity contribution is -0.143. The minimum atomic E-state index is -0.0428. The van der Waals surface area contributed by atoms with E-state index in [1.54, 1.807) is 0 Å². The van der Waals surface area contributed by atoms with Gasteiger partial charge < -0.3 is 9.53 Å². The maximum atomic E-state index is 11.6. The Balaban J connectivity index is 3.13. The molecule has 0 aliphatic rings. The number of carbonyl (C=O) groups excluding carboxylic acids is 2. The first-order valence-electron chi connectivity index (χ1n) is 10.4. The highest BCUT2D eigenvalue weighted by atomic mass is 16.5. The first kappa shape index (κ1) is 23.1. The number of unbranched alkanes of at least 4 members (excludes halogenated alkanes) is 14. The Bertz CT molecular complexity index is 276. The van der Waals surface area contributed by atoms with Crippen molar-refractivity contribution in [3.63, 3.8) is 0 Å². The minimum Gasteiger partial charge on any atom is -0.466 e. The van der Waals surface area contributed by atoms with Crippen molar-refractivity contribution in [3.8, 4) is 0 Å². The monoisotopic (exact) mass is 340 g/mol. The van der Waals surface area contributed by atoms with Gasteiger partial charge in [-0.1, -0.05) is 84.0 Å². The van der Waals surface area contributed by atoms with Gasteiger partial charge in [-0.15, -0.1) is 0 Å². The molecular weight excluding hydrogens is 300 g/mol. The lowest BCUT2D eigenvalue weighted by Gasteiger charge is -2.05. The number of hydrogen-bond acceptors (Lipinski definition) is 3. The second-order valence-corrected chi connectivity index (χ2v) is 6.88. The molecule has 0 saturated carbocycles. The fourth-order valence-electron chi connectivity index (χ4n) is 2.88. The van der Waals surface area contributed by atoms with E-state index < -0.39 is 0 Å². The molecule has 0 spiro atoms. The van der Waals surface area contributed by atoms with Crippen molar-refractivity contribution in [2.45, 2.75) is 116 Å². The van der Waals surface area contributed by atoms with Gasteiger partial charge >= 0.3 is 5.97 Å². The summed E-state index contributed by atoms with van der Waals surface area (Å²) in [4.78, 5) is 21.7. The van der Waals surface area contributed by atoms with Crippen molar-refractivity contribution in [1.82, 2.24) is 0 Å². The van der Waals surface area contributed by atoms with E-state index in [2.05, 4.69) is 6.92 Å². The lowest BCUT2D eigenvalue weighted by atomic mass is 10.1. The van der Waals surface area contributed by atoms with Gasteiger partial charge in [0.2, 0.25) is 0 Å². The molecule has 0 aliphatic heterocycles. The summed E-state index contributed by atoms with van der Waals surface area (Å²) < 4.78 is 5.27. The van der Waals surface area contributed by atoms with Crippen LogP contribution < -0.4 is 0 Å². The summed E-state index contributed by atoms with van der Waals surface area (Å²) in [5.74, 6) is -0.0428. The molecule has 0 unspecified atom stereocenters. The van der Waals surface area contributed by atoms with Crippen molar-refractivity contribution in [1.29, 1.82) is 0 Å². The molecule has 142 valence electrons. The van der Waals surface area contributed by atoms with Gasteiger partial charge in [-0.25, -0.2) is 0 Å². The highest BCUT2D eigenvalue weighted by Gasteiger charge is 2.02. The first-order valence-corrected chi connectivity index (χ1v) is 10.4. The van der Waals surface area contributed by atoms with Crippen LogP contribution in [0.15, 0.2) is 0 Å². The van der Waals surface area contributed by atoms with Gasteiger partial charge in [0.15, 0.2) is 0 Å². The topological polar surface area (TPSA) is 43.4 Å². The van der Waals surface area contributed by atoms with Gasteiger partial charge in [0.05, 0.1) is 6.61 Å². The summed E-state index contributed by atoms with van der Waals surface area (Å²) in [5.41, 5.74) is 0. The van der Waals surface area contributed by atoms with Crippen LogP contribution in [0.1, 0.15) is 116 Å². The molecule has 0 rings (SSSR count). The third-order valence-corrected chi connectivity index (χ3v) is 4.46. The molecule has 24 heavy (non-hydrogen) atoms. The van der Waals surface area contributed by atoms with Gasteiger partial charge in [0.25, 0.3) is 0 Å². The van der Waals surface area contributed by atoms with Crippen LogP contribution in [0, 0.1) is 0 Å². The van der Waals surface area contributed by atoms with Crippen LogP contribution in [0.2, 0.25) is 0 Å². The summed E-state index contributed by atoms with van der Waals surface area (Å²) in [6.07, 6.45) is 20.3. The number of ether oxygens (including phenoxy) is 1. The zero-order chi connectivity index (χ0) is 17.7. The standard InChI is InChI=1S/C21H40O3/c1-2-3-4-5-6-7-8-11-14-17-20-24-21(23)18-15-12-9-10-13-16-19-22/h19H,2-18,20H2,1H3. The molecule has 3 heteroatoms. The number of hydrogen-bond donors (Lipinski definition) is 0. The molecule has 0 atom stereocenters. The van der Waals surface area contributed by atoms with Crippen LogP contribution in [0.3, 0.4) is 0 Å². The Morgan fingerprint density at radius 1 is 0.708 bits per heavy atom.